The highest BCUT2D eigenvalue weighted by Crippen LogP contribution is 2.31. The summed E-state index contributed by atoms with van der Waals surface area (Å²) < 4.78 is 28.9. The average molecular weight is 332 g/mol. The van der Waals surface area contributed by atoms with Crippen molar-refractivity contribution in [3.63, 3.8) is 0 Å². The van der Waals surface area contributed by atoms with E-state index in [0.29, 0.717) is 24.7 Å². The molecule has 0 aliphatic carbocycles. The molecule has 23 heavy (non-hydrogen) atoms. The quantitative estimate of drug-likeness (QED) is 0.843. The predicted octanol–water partition coefficient (Wildman–Crippen LogP) is 3.21. The molecule has 0 spiro atoms. The van der Waals surface area contributed by atoms with E-state index in [-0.39, 0.29) is 0 Å². The van der Waals surface area contributed by atoms with Gasteiger partial charge in [-0.2, -0.15) is 0 Å². The molecule has 1 atom stereocenters. The largest absolute Gasteiger partial charge is 0.497 e. The van der Waals surface area contributed by atoms with E-state index in [9.17, 15) is 4.21 Å². The maximum absolute atomic E-state index is 12.5. The number of ether oxygens (including phenoxy) is 3. The molecular formula is C18H20O4S. The fraction of sp³-hybridized carbons (Fsp3) is 0.333. The average Bonchev–Trinajstić information content (AvgIpc) is 2.84. The van der Waals surface area contributed by atoms with Crippen LogP contribution in [-0.2, 0) is 17.2 Å². The van der Waals surface area contributed by atoms with E-state index in [4.69, 9.17) is 14.2 Å². The molecule has 0 radical (unpaired) electrons. The maximum Gasteiger partial charge on any atom is 0.162 e. The standard InChI is InChI=1S/C18H20O4S/c1-20-15-5-3-14(4-6-15)9-12-23(19)16-7-8-17-18(13-16)22-11-2-10-21-17/h3-8,13H,2,9-12H2,1H3. The molecule has 1 heterocycles. The van der Waals surface area contributed by atoms with Crippen LogP contribution in [0.3, 0.4) is 0 Å². The molecule has 2 aromatic rings. The van der Waals surface area contributed by atoms with Gasteiger partial charge in [-0.15, -0.1) is 0 Å². The molecule has 4 nitrogen and oxygen atoms in total. The Kier molecular flexibility index (Phi) is 5.18. The molecule has 1 unspecified atom stereocenters. The van der Waals surface area contributed by atoms with Gasteiger partial charge in [-0.25, -0.2) is 0 Å². The zero-order chi connectivity index (χ0) is 16.1. The van der Waals surface area contributed by atoms with Crippen LogP contribution in [0.2, 0.25) is 0 Å². The van der Waals surface area contributed by atoms with Crippen LogP contribution in [0.25, 0.3) is 0 Å². The third-order valence-corrected chi connectivity index (χ3v) is 5.07. The van der Waals surface area contributed by atoms with Crippen LogP contribution in [0, 0.1) is 0 Å². The summed E-state index contributed by atoms with van der Waals surface area (Å²) in [6, 6.07) is 13.4. The van der Waals surface area contributed by atoms with Crippen molar-refractivity contribution in [1.82, 2.24) is 0 Å². The highest BCUT2D eigenvalue weighted by atomic mass is 32.2. The van der Waals surface area contributed by atoms with E-state index in [1.54, 1.807) is 7.11 Å². The van der Waals surface area contributed by atoms with Crippen LogP contribution < -0.4 is 14.2 Å². The van der Waals surface area contributed by atoms with E-state index in [2.05, 4.69) is 0 Å². The molecule has 0 saturated carbocycles. The Hall–Kier alpha value is -2.01. The van der Waals surface area contributed by atoms with Crippen LogP contribution in [0.5, 0.6) is 17.2 Å². The minimum atomic E-state index is -1.06. The number of methoxy groups -OCH3 is 1. The van der Waals surface area contributed by atoms with E-state index < -0.39 is 10.8 Å². The van der Waals surface area contributed by atoms with E-state index in [0.717, 1.165) is 34.8 Å². The van der Waals surface area contributed by atoms with Gasteiger partial charge in [0.05, 0.1) is 31.1 Å². The first kappa shape index (κ1) is 15.9. The zero-order valence-corrected chi connectivity index (χ0v) is 13.9. The zero-order valence-electron chi connectivity index (χ0n) is 13.1. The Morgan fingerprint density at radius 2 is 1.78 bits per heavy atom. The van der Waals surface area contributed by atoms with Gasteiger partial charge >= 0.3 is 0 Å². The van der Waals surface area contributed by atoms with Gasteiger partial charge in [-0.3, -0.25) is 4.21 Å². The summed E-state index contributed by atoms with van der Waals surface area (Å²) in [7, 11) is 0.585. The second-order valence-electron chi connectivity index (χ2n) is 5.31. The number of hydrogen-bond acceptors (Lipinski definition) is 4. The van der Waals surface area contributed by atoms with Crippen LogP contribution in [0.15, 0.2) is 47.4 Å². The normalized spacial score (nSPS) is 14.8. The van der Waals surface area contributed by atoms with Crippen molar-refractivity contribution in [2.24, 2.45) is 0 Å². The molecule has 2 aromatic carbocycles. The molecule has 0 bridgehead atoms. The Balaban J connectivity index is 1.64. The first-order chi connectivity index (χ1) is 11.3. The first-order valence-corrected chi connectivity index (χ1v) is 8.99. The van der Waals surface area contributed by atoms with Crippen LogP contribution in [0.1, 0.15) is 12.0 Å². The van der Waals surface area contributed by atoms with Crippen molar-refractivity contribution >= 4 is 10.8 Å². The van der Waals surface area contributed by atoms with Crippen molar-refractivity contribution in [3.8, 4) is 17.2 Å². The van der Waals surface area contributed by atoms with Gasteiger partial charge in [0.2, 0.25) is 0 Å². The number of rotatable bonds is 5. The van der Waals surface area contributed by atoms with Crippen LogP contribution >= 0.6 is 0 Å². The third-order valence-electron chi connectivity index (χ3n) is 3.72. The third kappa shape index (κ3) is 4.05. The molecule has 0 saturated heterocycles. The Morgan fingerprint density at radius 1 is 1.04 bits per heavy atom. The number of benzene rings is 2. The minimum Gasteiger partial charge on any atom is -0.497 e. The summed E-state index contributed by atoms with van der Waals surface area (Å²) in [5.41, 5.74) is 1.15. The van der Waals surface area contributed by atoms with Gasteiger partial charge in [0.15, 0.2) is 11.5 Å². The van der Waals surface area contributed by atoms with Crippen molar-refractivity contribution in [2.45, 2.75) is 17.7 Å². The highest BCUT2D eigenvalue weighted by Gasteiger charge is 2.13. The number of fused-ring (bicyclic) bond motifs is 1. The van der Waals surface area contributed by atoms with Crippen molar-refractivity contribution < 1.29 is 18.4 Å². The maximum atomic E-state index is 12.5. The molecule has 3 rings (SSSR count). The van der Waals surface area contributed by atoms with Gasteiger partial charge in [0.1, 0.15) is 5.75 Å². The van der Waals surface area contributed by atoms with Gasteiger partial charge in [-0.1, -0.05) is 12.1 Å². The number of aryl methyl sites for hydroxylation is 1. The first-order valence-electron chi connectivity index (χ1n) is 7.67. The van der Waals surface area contributed by atoms with Crippen molar-refractivity contribution in [2.75, 3.05) is 26.1 Å². The Labute approximate surface area is 138 Å². The van der Waals surface area contributed by atoms with E-state index in [1.807, 2.05) is 42.5 Å². The summed E-state index contributed by atoms with van der Waals surface area (Å²) >= 11 is 0. The lowest BCUT2D eigenvalue weighted by molar-refractivity contribution is 0.297. The van der Waals surface area contributed by atoms with Crippen molar-refractivity contribution in [3.05, 3.63) is 48.0 Å². The Bertz CT molecular complexity index is 682. The lowest BCUT2D eigenvalue weighted by Gasteiger charge is -2.09. The minimum absolute atomic E-state index is 0.575. The second kappa shape index (κ2) is 7.51. The molecular weight excluding hydrogens is 312 g/mol. The molecule has 0 fully saturated rings. The fourth-order valence-corrected chi connectivity index (χ4v) is 3.52. The number of hydrogen-bond donors (Lipinski definition) is 0. The lowest BCUT2D eigenvalue weighted by Crippen LogP contribution is -2.02. The smallest absolute Gasteiger partial charge is 0.162 e. The van der Waals surface area contributed by atoms with E-state index in [1.165, 1.54) is 0 Å². The summed E-state index contributed by atoms with van der Waals surface area (Å²) in [6.07, 6.45) is 1.62. The summed E-state index contributed by atoms with van der Waals surface area (Å²) in [5.74, 6) is 2.83. The highest BCUT2D eigenvalue weighted by molar-refractivity contribution is 7.85. The van der Waals surface area contributed by atoms with Gasteiger partial charge in [0.25, 0.3) is 0 Å². The molecule has 122 valence electrons. The van der Waals surface area contributed by atoms with Gasteiger partial charge < -0.3 is 14.2 Å². The van der Waals surface area contributed by atoms with E-state index >= 15 is 0 Å². The topological polar surface area (TPSA) is 44.8 Å². The molecule has 1 aliphatic heterocycles. The fourth-order valence-electron chi connectivity index (χ4n) is 2.41. The molecule has 5 heteroatoms. The molecule has 1 aliphatic rings. The van der Waals surface area contributed by atoms with Gasteiger partial charge in [0, 0.05) is 23.1 Å². The summed E-state index contributed by atoms with van der Waals surface area (Å²) in [6.45, 7) is 1.29. The van der Waals surface area contributed by atoms with Crippen LogP contribution in [-0.4, -0.2) is 30.3 Å². The summed E-state index contributed by atoms with van der Waals surface area (Å²) in [5, 5.41) is 0. The Morgan fingerprint density at radius 3 is 2.52 bits per heavy atom. The molecule has 0 aromatic heterocycles. The van der Waals surface area contributed by atoms with Crippen LogP contribution in [0.4, 0.5) is 0 Å². The molecule has 0 N–H and O–H groups in total. The summed E-state index contributed by atoms with van der Waals surface area (Å²) in [4.78, 5) is 0.780. The lowest BCUT2D eigenvalue weighted by atomic mass is 10.2. The SMILES string of the molecule is COc1ccc(CCS(=O)c2ccc3c(c2)OCCCO3)cc1. The van der Waals surface area contributed by atoms with Crippen molar-refractivity contribution in [1.29, 1.82) is 0 Å². The van der Waals surface area contributed by atoms with Gasteiger partial charge in [-0.05, 0) is 36.2 Å². The molecule has 0 amide bonds. The predicted molar refractivity (Wildman–Crippen MR) is 90.0 cm³/mol. The second-order valence-corrected chi connectivity index (χ2v) is 6.88. The monoisotopic (exact) mass is 332 g/mol.